The number of ether oxygens (including phenoxy) is 5. The van der Waals surface area contributed by atoms with Crippen LogP contribution in [0.4, 0.5) is 10.2 Å². The van der Waals surface area contributed by atoms with Gasteiger partial charge in [0.1, 0.15) is 35.4 Å². The van der Waals surface area contributed by atoms with E-state index < -0.39 is 23.9 Å². The van der Waals surface area contributed by atoms with Crippen molar-refractivity contribution in [2.75, 3.05) is 64.8 Å². The Morgan fingerprint density at radius 3 is 2.17 bits per heavy atom. The lowest BCUT2D eigenvalue weighted by atomic mass is 9.91. The summed E-state index contributed by atoms with van der Waals surface area (Å²) >= 11 is 3.26. The van der Waals surface area contributed by atoms with E-state index in [2.05, 4.69) is 48.2 Å². The van der Waals surface area contributed by atoms with Gasteiger partial charge in [0.15, 0.2) is 11.6 Å². The van der Waals surface area contributed by atoms with E-state index in [1.165, 1.54) is 11.6 Å². The molecule has 54 heavy (non-hydrogen) atoms. The maximum Gasteiger partial charge on any atom is 0.316 e. The number of alkyl halides is 1. The Balaban J connectivity index is 1.10. The van der Waals surface area contributed by atoms with Crippen LogP contribution in [0.25, 0.3) is 22.0 Å². The van der Waals surface area contributed by atoms with Crippen LogP contribution in [0.15, 0.2) is 53.4 Å². The van der Waals surface area contributed by atoms with Gasteiger partial charge in [-0.15, -0.1) is 0 Å². The van der Waals surface area contributed by atoms with Gasteiger partial charge in [-0.3, -0.25) is 19.1 Å². The Kier molecular flexibility index (Phi) is 15.9. The van der Waals surface area contributed by atoms with Crippen molar-refractivity contribution in [1.29, 1.82) is 0 Å². The first-order valence-electron chi connectivity index (χ1n) is 18.1. The number of hydrogen-bond acceptors (Lipinski definition) is 12. The molecule has 1 N–H and O–H groups in total. The van der Waals surface area contributed by atoms with Gasteiger partial charge in [-0.05, 0) is 65.0 Å². The normalized spacial score (nSPS) is 16.9. The Morgan fingerprint density at radius 1 is 0.870 bits per heavy atom. The van der Waals surface area contributed by atoms with Crippen molar-refractivity contribution >= 4 is 50.1 Å². The number of carbonyl (C=O) groups is 3. The quantitative estimate of drug-likeness (QED) is 0.0555. The van der Waals surface area contributed by atoms with Crippen molar-refractivity contribution in [3.63, 3.8) is 0 Å². The first-order chi connectivity index (χ1) is 26.2. The molecular formula is C38H46BrFN6O8. The standard InChI is InChI=1S/C38H46BrFN6O8/c1-3-4-10-50-11-12-51-13-14-52-15-16-53-17-18-54-38-41-22-27(23-42-38)26-8-9-32-31(19-26)36(25(2)47)45-46(32)24-33(48)29-20-28(40)21-30(29)37(49)44-35-7-5-6-34(39)43-35/h5-9,19,22-23,28-30H,3-4,10-18,20-21,24H2,1-2H3,(H,43,44,49)/t28-,29?,30+/m0/s1. The molecule has 3 atom stereocenters. The monoisotopic (exact) mass is 812 g/mol. The number of Topliss-reactive ketones (excluding diaryl/α,β-unsaturated/α-hetero) is 2. The van der Waals surface area contributed by atoms with Gasteiger partial charge in [0, 0.05) is 42.8 Å². The molecule has 1 amide bonds. The van der Waals surface area contributed by atoms with E-state index in [1.807, 2.05) is 6.07 Å². The van der Waals surface area contributed by atoms with Gasteiger partial charge in [0.25, 0.3) is 0 Å². The van der Waals surface area contributed by atoms with E-state index in [0.717, 1.165) is 25.0 Å². The molecule has 290 valence electrons. The summed E-state index contributed by atoms with van der Waals surface area (Å²) in [6.07, 6.45) is 3.97. The van der Waals surface area contributed by atoms with Crippen molar-refractivity contribution in [3.05, 3.63) is 59.1 Å². The van der Waals surface area contributed by atoms with E-state index in [-0.39, 0.29) is 49.3 Å². The second kappa shape index (κ2) is 21.0. The fourth-order valence-electron chi connectivity index (χ4n) is 6.06. The van der Waals surface area contributed by atoms with Gasteiger partial charge in [-0.2, -0.15) is 5.10 Å². The van der Waals surface area contributed by atoms with E-state index in [1.54, 1.807) is 42.7 Å². The summed E-state index contributed by atoms with van der Waals surface area (Å²) in [7, 11) is 0. The highest BCUT2D eigenvalue weighted by Crippen LogP contribution is 2.36. The molecule has 4 aromatic rings. The lowest BCUT2D eigenvalue weighted by molar-refractivity contribution is -0.130. The number of anilines is 1. The highest BCUT2D eigenvalue weighted by atomic mass is 79.9. The summed E-state index contributed by atoms with van der Waals surface area (Å²) < 4.78 is 44.1. The van der Waals surface area contributed by atoms with E-state index in [9.17, 15) is 18.8 Å². The zero-order valence-electron chi connectivity index (χ0n) is 30.5. The number of hydrogen-bond donors (Lipinski definition) is 1. The van der Waals surface area contributed by atoms with Crippen molar-refractivity contribution in [3.8, 4) is 17.1 Å². The van der Waals surface area contributed by atoms with Crippen molar-refractivity contribution < 1.29 is 42.5 Å². The number of halogens is 2. The molecule has 1 fully saturated rings. The second-order valence-electron chi connectivity index (χ2n) is 12.8. The molecule has 5 rings (SSSR count). The number of rotatable bonds is 23. The summed E-state index contributed by atoms with van der Waals surface area (Å²) in [4.78, 5) is 52.1. The van der Waals surface area contributed by atoms with Crippen LogP contribution < -0.4 is 10.1 Å². The number of nitrogens with one attached hydrogen (secondary N) is 1. The number of aromatic nitrogens is 5. The maximum atomic E-state index is 14.6. The third-order valence-electron chi connectivity index (χ3n) is 8.79. The minimum atomic E-state index is -1.30. The largest absolute Gasteiger partial charge is 0.461 e. The van der Waals surface area contributed by atoms with Gasteiger partial charge >= 0.3 is 6.01 Å². The highest BCUT2D eigenvalue weighted by molar-refractivity contribution is 9.10. The number of unbranched alkanes of at least 4 members (excludes halogenated alkanes) is 1. The lowest BCUT2D eigenvalue weighted by Crippen LogP contribution is -2.32. The molecule has 14 nitrogen and oxygen atoms in total. The van der Waals surface area contributed by atoms with Crippen LogP contribution in [0.3, 0.4) is 0 Å². The third-order valence-corrected chi connectivity index (χ3v) is 9.23. The van der Waals surface area contributed by atoms with Crippen molar-refractivity contribution in [1.82, 2.24) is 24.7 Å². The van der Waals surface area contributed by atoms with Crippen molar-refractivity contribution in [2.24, 2.45) is 11.8 Å². The van der Waals surface area contributed by atoms with Crippen LogP contribution in [-0.4, -0.2) is 108 Å². The predicted octanol–water partition coefficient (Wildman–Crippen LogP) is 5.67. The SMILES string of the molecule is CCCCOCCOCCOCCOCCOc1ncc(-c2ccc3c(c2)c(C(C)=O)nn3CC(=O)C2C[C@H](F)C[C@H]2C(=O)Nc2cccc(Br)n2)cn1. The minimum absolute atomic E-state index is 0.0690. The van der Waals surface area contributed by atoms with Gasteiger partial charge in [0.2, 0.25) is 5.91 Å². The predicted molar refractivity (Wildman–Crippen MR) is 201 cm³/mol. The summed E-state index contributed by atoms with van der Waals surface area (Å²) in [6.45, 7) is 7.65. The number of pyridine rings is 1. The molecule has 3 heterocycles. The molecular weight excluding hydrogens is 767 g/mol. The Hall–Kier alpha value is -4.22. The van der Waals surface area contributed by atoms with E-state index in [0.29, 0.717) is 73.1 Å². The zero-order valence-corrected chi connectivity index (χ0v) is 32.1. The van der Waals surface area contributed by atoms with Crippen LogP contribution in [0.2, 0.25) is 0 Å². The zero-order chi connectivity index (χ0) is 38.3. The summed E-state index contributed by atoms with van der Waals surface area (Å²) in [5, 5.41) is 7.70. The molecule has 3 aromatic heterocycles. The number of amides is 1. The molecule has 1 unspecified atom stereocenters. The van der Waals surface area contributed by atoms with Gasteiger partial charge in [0.05, 0.1) is 57.7 Å². The molecule has 1 aliphatic rings. The summed E-state index contributed by atoms with van der Waals surface area (Å²) in [5.74, 6) is -2.52. The van der Waals surface area contributed by atoms with E-state index >= 15 is 0 Å². The second-order valence-corrected chi connectivity index (χ2v) is 13.6. The molecule has 0 bridgehead atoms. The summed E-state index contributed by atoms with van der Waals surface area (Å²) in [5.41, 5.74) is 2.14. The molecule has 16 heteroatoms. The number of nitrogens with zero attached hydrogens (tertiary/aromatic N) is 5. The smallest absolute Gasteiger partial charge is 0.316 e. The maximum absolute atomic E-state index is 14.6. The Morgan fingerprint density at radius 2 is 1.52 bits per heavy atom. The minimum Gasteiger partial charge on any atom is -0.461 e. The fraction of sp³-hybridized carbons (Fsp3) is 0.500. The number of carbonyl (C=O) groups excluding carboxylic acids is 3. The molecule has 1 saturated carbocycles. The van der Waals surface area contributed by atoms with Gasteiger partial charge < -0.3 is 29.0 Å². The first-order valence-corrected chi connectivity index (χ1v) is 18.9. The molecule has 0 spiro atoms. The third kappa shape index (κ3) is 11.9. The molecule has 0 aliphatic heterocycles. The molecule has 0 saturated heterocycles. The van der Waals surface area contributed by atoms with Crippen LogP contribution in [0.1, 0.15) is 50.0 Å². The first kappa shape index (κ1) is 41.0. The molecule has 1 aliphatic carbocycles. The average molecular weight is 814 g/mol. The van der Waals surface area contributed by atoms with Crippen LogP contribution >= 0.6 is 15.9 Å². The number of ketones is 2. The van der Waals surface area contributed by atoms with Gasteiger partial charge in [-0.1, -0.05) is 25.5 Å². The lowest BCUT2D eigenvalue weighted by Gasteiger charge is -2.18. The van der Waals surface area contributed by atoms with Gasteiger partial charge in [-0.25, -0.2) is 19.3 Å². The number of benzene rings is 1. The molecule has 0 radical (unpaired) electrons. The summed E-state index contributed by atoms with van der Waals surface area (Å²) in [6, 6.07) is 10.6. The Bertz CT molecular complexity index is 1840. The van der Waals surface area contributed by atoms with Crippen LogP contribution in [0.5, 0.6) is 6.01 Å². The average Bonchev–Trinajstić information content (AvgIpc) is 3.74. The van der Waals surface area contributed by atoms with Crippen molar-refractivity contribution in [2.45, 2.75) is 52.2 Å². The Labute approximate surface area is 321 Å². The van der Waals surface area contributed by atoms with E-state index in [4.69, 9.17) is 23.7 Å². The van der Waals surface area contributed by atoms with Crippen LogP contribution in [0, 0.1) is 11.8 Å². The highest BCUT2D eigenvalue weighted by Gasteiger charge is 2.43. The molecule has 1 aromatic carbocycles. The van der Waals surface area contributed by atoms with Crippen LogP contribution in [-0.2, 0) is 35.1 Å². The fourth-order valence-corrected chi connectivity index (χ4v) is 6.41. The topological polar surface area (TPSA) is 166 Å². The number of fused-ring (bicyclic) bond motifs is 1.